The van der Waals surface area contributed by atoms with E-state index in [1.807, 2.05) is 24.3 Å². The van der Waals surface area contributed by atoms with Gasteiger partial charge in [-0.1, -0.05) is 37.5 Å². The van der Waals surface area contributed by atoms with Crippen LogP contribution >= 0.6 is 0 Å². The molecule has 1 heterocycles. The fourth-order valence-corrected chi connectivity index (χ4v) is 4.76. The number of hydrogen-bond acceptors (Lipinski definition) is 6. The molecule has 2 atom stereocenters. The smallest absolute Gasteiger partial charge is 0.245 e. The molecular formula is C25H38N4O5. The molecule has 9 nitrogen and oxygen atoms in total. The Kier molecular flexibility index (Phi) is 10.2. The maximum Gasteiger partial charge on any atom is 0.245 e. The quantitative estimate of drug-likeness (QED) is 0.498. The van der Waals surface area contributed by atoms with Crippen LogP contribution in [0, 0.1) is 5.92 Å². The van der Waals surface area contributed by atoms with Crippen molar-refractivity contribution in [1.82, 2.24) is 20.9 Å². The van der Waals surface area contributed by atoms with Crippen LogP contribution in [0.25, 0.3) is 0 Å². The van der Waals surface area contributed by atoms with E-state index in [9.17, 15) is 19.5 Å². The summed E-state index contributed by atoms with van der Waals surface area (Å²) >= 11 is 0. The van der Waals surface area contributed by atoms with Crippen molar-refractivity contribution in [3.8, 4) is 5.75 Å². The van der Waals surface area contributed by atoms with E-state index >= 15 is 0 Å². The molecule has 1 saturated carbocycles. The lowest BCUT2D eigenvalue weighted by molar-refractivity contribution is -0.143. The third-order valence-electron chi connectivity index (χ3n) is 6.74. The highest BCUT2D eigenvalue weighted by Gasteiger charge is 2.35. The Labute approximate surface area is 201 Å². The largest absolute Gasteiger partial charge is 0.492 e. The standard InChI is InChI=1S/C25H38N4O5/c1-29-20(17-30)24(32)28-16-22(31)26-13-7-11-18-8-5-6-12-21(18)34-15-14-27-23(25(29)33)19-9-3-2-4-10-19/h5-6,8,12,19-20,23,27,30H,2-4,7,9-11,13-17H2,1H3,(H,26,31)(H,28,32). The summed E-state index contributed by atoms with van der Waals surface area (Å²) in [4.78, 5) is 39.6. The van der Waals surface area contributed by atoms with Crippen LogP contribution in [0.1, 0.15) is 44.1 Å². The van der Waals surface area contributed by atoms with E-state index in [1.165, 1.54) is 11.9 Å². The van der Waals surface area contributed by atoms with Gasteiger partial charge in [-0.25, -0.2) is 0 Å². The minimum Gasteiger partial charge on any atom is -0.492 e. The minimum atomic E-state index is -1.06. The van der Waals surface area contributed by atoms with Crippen LogP contribution in [0.3, 0.4) is 0 Å². The first kappa shape index (κ1) is 26.0. The van der Waals surface area contributed by atoms with Gasteiger partial charge in [-0.2, -0.15) is 0 Å². The number of aryl methyl sites for hydroxylation is 1. The number of carbonyl (C=O) groups is 3. The summed E-state index contributed by atoms with van der Waals surface area (Å²) < 4.78 is 6.03. The van der Waals surface area contributed by atoms with E-state index in [0.29, 0.717) is 19.7 Å². The Morgan fingerprint density at radius 1 is 1.03 bits per heavy atom. The van der Waals surface area contributed by atoms with Gasteiger partial charge in [0.15, 0.2) is 0 Å². The molecule has 0 saturated heterocycles. The maximum atomic E-state index is 13.5. The molecule has 0 radical (unpaired) electrons. The topological polar surface area (TPSA) is 120 Å². The third kappa shape index (κ3) is 7.17. The van der Waals surface area contributed by atoms with E-state index < -0.39 is 24.6 Å². The number of amides is 3. The van der Waals surface area contributed by atoms with Crippen molar-refractivity contribution in [2.45, 2.75) is 57.0 Å². The molecular weight excluding hydrogens is 436 g/mol. The van der Waals surface area contributed by atoms with E-state index in [0.717, 1.165) is 56.3 Å². The summed E-state index contributed by atoms with van der Waals surface area (Å²) in [6, 6.07) is 6.32. The van der Waals surface area contributed by atoms with E-state index in [4.69, 9.17) is 4.74 Å². The van der Waals surface area contributed by atoms with Crippen molar-refractivity contribution in [1.29, 1.82) is 0 Å². The molecule has 1 aliphatic carbocycles. The van der Waals surface area contributed by atoms with Crippen molar-refractivity contribution in [3.63, 3.8) is 0 Å². The molecule has 1 aliphatic heterocycles. The summed E-state index contributed by atoms with van der Waals surface area (Å²) in [5.74, 6) is -0.121. The van der Waals surface area contributed by atoms with Crippen molar-refractivity contribution >= 4 is 17.7 Å². The second-order valence-electron chi connectivity index (χ2n) is 9.10. The predicted molar refractivity (Wildman–Crippen MR) is 128 cm³/mol. The van der Waals surface area contributed by atoms with Gasteiger partial charge in [-0.3, -0.25) is 14.4 Å². The number of benzene rings is 1. The number of hydrogen-bond donors (Lipinski definition) is 4. The Morgan fingerprint density at radius 2 is 1.79 bits per heavy atom. The number of ether oxygens (including phenoxy) is 1. The Hall–Kier alpha value is -2.65. The lowest BCUT2D eigenvalue weighted by atomic mass is 9.83. The zero-order chi connectivity index (χ0) is 24.3. The highest BCUT2D eigenvalue weighted by atomic mass is 16.5. The van der Waals surface area contributed by atoms with Crippen molar-refractivity contribution in [3.05, 3.63) is 29.8 Å². The molecule has 9 heteroatoms. The van der Waals surface area contributed by atoms with Crippen LogP contribution in [0.15, 0.2) is 24.3 Å². The van der Waals surface area contributed by atoms with Crippen molar-refractivity contribution in [2.24, 2.45) is 5.92 Å². The van der Waals surface area contributed by atoms with Crippen LogP contribution in [0.2, 0.25) is 0 Å². The monoisotopic (exact) mass is 474 g/mol. The maximum absolute atomic E-state index is 13.5. The molecule has 1 fully saturated rings. The summed E-state index contributed by atoms with van der Waals surface area (Å²) in [7, 11) is 1.53. The molecule has 34 heavy (non-hydrogen) atoms. The number of nitrogens with zero attached hydrogens (tertiary/aromatic N) is 1. The Bertz CT molecular complexity index is 827. The first-order valence-corrected chi connectivity index (χ1v) is 12.4. The number of fused-ring (bicyclic) bond motifs is 1. The van der Waals surface area contributed by atoms with Crippen LogP contribution < -0.4 is 20.7 Å². The van der Waals surface area contributed by atoms with Crippen LogP contribution in [-0.2, 0) is 20.8 Å². The zero-order valence-corrected chi connectivity index (χ0v) is 20.1. The lowest BCUT2D eigenvalue weighted by Gasteiger charge is -2.35. The predicted octanol–water partition coefficient (Wildman–Crippen LogP) is 0.602. The average Bonchev–Trinajstić information content (AvgIpc) is 2.86. The highest BCUT2D eigenvalue weighted by Crippen LogP contribution is 2.27. The second-order valence-corrected chi connectivity index (χ2v) is 9.10. The molecule has 3 amide bonds. The number of aliphatic hydroxyl groups is 1. The molecule has 3 rings (SSSR count). The van der Waals surface area contributed by atoms with Crippen LogP contribution in [0.4, 0.5) is 0 Å². The van der Waals surface area contributed by atoms with Crippen LogP contribution in [0.5, 0.6) is 5.75 Å². The van der Waals surface area contributed by atoms with Gasteiger partial charge in [-0.15, -0.1) is 0 Å². The molecule has 2 unspecified atom stereocenters. The molecule has 1 aromatic carbocycles. The molecule has 1 aromatic rings. The number of rotatable bonds is 2. The second kappa shape index (κ2) is 13.3. The average molecular weight is 475 g/mol. The number of carbonyl (C=O) groups excluding carboxylic acids is 3. The molecule has 188 valence electrons. The normalized spacial score (nSPS) is 24.8. The van der Waals surface area contributed by atoms with Crippen molar-refractivity contribution in [2.75, 3.05) is 39.9 Å². The first-order chi connectivity index (χ1) is 16.5. The Balaban J connectivity index is 1.78. The first-order valence-electron chi connectivity index (χ1n) is 12.4. The molecule has 2 aliphatic rings. The fraction of sp³-hybridized carbons (Fsp3) is 0.640. The number of likely N-dealkylation sites (N-methyl/N-ethyl adjacent to an activating group) is 1. The van der Waals surface area contributed by atoms with Gasteiger partial charge < -0.3 is 30.7 Å². The molecule has 0 bridgehead atoms. The Morgan fingerprint density at radius 3 is 2.56 bits per heavy atom. The van der Waals surface area contributed by atoms with Gasteiger partial charge in [0.2, 0.25) is 17.7 Å². The fourth-order valence-electron chi connectivity index (χ4n) is 4.76. The van der Waals surface area contributed by atoms with Gasteiger partial charge in [0, 0.05) is 20.1 Å². The van der Waals surface area contributed by atoms with Gasteiger partial charge in [0.25, 0.3) is 0 Å². The van der Waals surface area contributed by atoms with Gasteiger partial charge in [0.1, 0.15) is 18.4 Å². The molecule has 0 aromatic heterocycles. The summed E-state index contributed by atoms with van der Waals surface area (Å²) in [5.41, 5.74) is 1.07. The number of aliphatic hydroxyl groups excluding tert-OH is 1. The van der Waals surface area contributed by atoms with E-state index in [2.05, 4.69) is 16.0 Å². The molecule has 0 spiro atoms. The number of nitrogens with one attached hydrogen (secondary N) is 3. The summed E-state index contributed by atoms with van der Waals surface area (Å²) in [6.07, 6.45) is 6.67. The van der Waals surface area contributed by atoms with E-state index in [-0.39, 0.29) is 24.3 Å². The molecule has 4 N–H and O–H groups in total. The minimum absolute atomic E-state index is 0.162. The van der Waals surface area contributed by atoms with Crippen molar-refractivity contribution < 1.29 is 24.2 Å². The van der Waals surface area contributed by atoms with Gasteiger partial charge in [0.05, 0.1) is 19.2 Å². The zero-order valence-electron chi connectivity index (χ0n) is 20.1. The summed E-state index contributed by atoms with van der Waals surface area (Å²) in [6.45, 7) is 0.628. The lowest BCUT2D eigenvalue weighted by Crippen LogP contribution is -2.57. The third-order valence-corrected chi connectivity index (χ3v) is 6.74. The van der Waals surface area contributed by atoms with Gasteiger partial charge >= 0.3 is 0 Å². The van der Waals surface area contributed by atoms with Gasteiger partial charge in [-0.05, 0) is 43.2 Å². The van der Waals surface area contributed by atoms with Crippen LogP contribution in [-0.4, -0.2) is 79.7 Å². The summed E-state index contributed by atoms with van der Waals surface area (Å²) in [5, 5.41) is 18.6. The number of para-hydroxylation sites is 1. The SMILES string of the molecule is CN1C(=O)C(C2CCCCC2)NCCOc2ccccc2CCCNC(=O)CNC(=O)C1CO. The van der Waals surface area contributed by atoms with E-state index in [1.54, 1.807) is 0 Å². The highest BCUT2D eigenvalue weighted by molar-refractivity contribution is 5.92.